The van der Waals surface area contributed by atoms with Crippen molar-refractivity contribution in [2.24, 2.45) is 0 Å². The molecule has 0 aromatic carbocycles. The van der Waals surface area contributed by atoms with Gasteiger partial charge in [0, 0.05) is 0 Å². The van der Waals surface area contributed by atoms with Crippen molar-refractivity contribution < 1.29 is 33.5 Å². The summed E-state index contributed by atoms with van der Waals surface area (Å²) in [6.07, 6.45) is 1.93. The molecule has 0 saturated carbocycles. The van der Waals surface area contributed by atoms with Crippen LogP contribution in [-0.2, 0) is 3.07 Å². The number of halogens is 3. The molecule has 2 heterocycles. The Morgan fingerprint density at radius 1 is 1.50 bits per heavy atom. The number of nitrogens with zero attached hydrogens (tertiary/aromatic N) is 1. The van der Waals surface area contributed by atoms with Crippen LogP contribution in [0.25, 0.3) is 0 Å². The predicted molar refractivity (Wildman–Crippen MR) is 45.0 cm³/mol. The van der Waals surface area contributed by atoms with E-state index in [-0.39, 0.29) is 40.1 Å². The van der Waals surface area contributed by atoms with Crippen molar-refractivity contribution in [1.82, 2.24) is 4.90 Å². The fourth-order valence-corrected chi connectivity index (χ4v) is 3.52. The minimum absolute atomic E-state index is 0.00371. The molecule has 5 heteroatoms. The van der Waals surface area contributed by atoms with Gasteiger partial charge in [0.25, 0.3) is 0 Å². The summed E-state index contributed by atoms with van der Waals surface area (Å²) in [5.41, 5.74) is -0.320. The fourth-order valence-electron chi connectivity index (χ4n) is 2.63. The predicted octanol–water partition coefficient (Wildman–Crippen LogP) is -1.49. The van der Waals surface area contributed by atoms with E-state index in [1.807, 2.05) is 9.83 Å². The Morgan fingerprint density at radius 3 is 3.00 bits per heavy atom. The van der Waals surface area contributed by atoms with Crippen LogP contribution in [-0.4, -0.2) is 41.0 Å². The van der Waals surface area contributed by atoms with E-state index in [0.29, 0.717) is 6.61 Å². The molecule has 0 radical (unpaired) electrons. The maximum atomic E-state index is 13.2. The first kappa shape index (κ1) is 11.0. The Kier molecular flexibility index (Phi) is 3.01. The maximum absolute atomic E-state index is 13.2. The average molecular weight is 318 g/mol. The second-order valence-corrected chi connectivity index (χ2v) is 5.69. The quantitative estimate of drug-likeness (QED) is 0.464. The normalized spacial score (nSPS) is 36.5. The first-order valence-corrected chi connectivity index (χ1v) is 7.86. The molecule has 84 valence electrons. The SMILES string of the molecule is C[I-]OC[C@@]12CCCN1CC(F)(F)C2. The van der Waals surface area contributed by atoms with Gasteiger partial charge in [-0.25, -0.2) is 0 Å². The van der Waals surface area contributed by atoms with Crippen molar-refractivity contribution in [3.05, 3.63) is 0 Å². The van der Waals surface area contributed by atoms with Gasteiger partial charge < -0.3 is 0 Å². The van der Waals surface area contributed by atoms with Crippen LogP contribution in [0.1, 0.15) is 19.3 Å². The number of hydrogen-bond donors (Lipinski definition) is 0. The van der Waals surface area contributed by atoms with Crippen LogP contribution in [0.2, 0.25) is 0 Å². The third-order valence-electron chi connectivity index (χ3n) is 3.18. The molecular formula is C9H15F2INO-. The zero-order chi connectivity index (χ0) is 10.2. The molecule has 2 aliphatic heterocycles. The van der Waals surface area contributed by atoms with Crippen molar-refractivity contribution in [1.29, 1.82) is 0 Å². The molecule has 2 rings (SSSR count). The standard InChI is InChI=1S/C9H15F2INO/c1-12-14-7-8-3-2-4-13(8)6-9(10,11)5-8/h2-7H2,1H3/q-1/t8-/m0/s1. The van der Waals surface area contributed by atoms with E-state index in [1.165, 1.54) is 0 Å². The summed E-state index contributed by atoms with van der Waals surface area (Å²) < 4.78 is 31.9. The Bertz CT molecular complexity index is 227. The van der Waals surface area contributed by atoms with Gasteiger partial charge in [0.05, 0.1) is 0 Å². The second-order valence-electron chi connectivity index (χ2n) is 4.19. The topological polar surface area (TPSA) is 12.5 Å². The van der Waals surface area contributed by atoms with Gasteiger partial charge >= 0.3 is 93.7 Å². The van der Waals surface area contributed by atoms with Gasteiger partial charge in [-0.15, -0.1) is 0 Å². The summed E-state index contributed by atoms with van der Waals surface area (Å²) in [6.45, 7) is 1.28. The van der Waals surface area contributed by atoms with Crippen LogP contribution < -0.4 is 21.6 Å². The van der Waals surface area contributed by atoms with E-state index in [9.17, 15) is 8.78 Å². The van der Waals surface area contributed by atoms with Crippen LogP contribution in [0.4, 0.5) is 8.78 Å². The number of rotatable bonds is 3. The molecule has 0 unspecified atom stereocenters. The molecule has 0 amide bonds. The summed E-state index contributed by atoms with van der Waals surface area (Å²) in [7, 11) is 0. The van der Waals surface area contributed by atoms with Crippen molar-refractivity contribution in [3.8, 4) is 0 Å². The molecule has 2 aliphatic rings. The van der Waals surface area contributed by atoms with Crippen molar-refractivity contribution >= 4 is 0 Å². The van der Waals surface area contributed by atoms with Gasteiger partial charge in [-0.1, -0.05) is 0 Å². The summed E-state index contributed by atoms with van der Waals surface area (Å²) in [6, 6.07) is 0. The van der Waals surface area contributed by atoms with E-state index in [2.05, 4.69) is 0 Å². The molecule has 0 aromatic heterocycles. The van der Waals surface area contributed by atoms with E-state index in [0.717, 1.165) is 19.4 Å². The van der Waals surface area contributed by atoms with Gasteiger partial charge in [-0.05, 0) is 0 Å². The Hall–Kier alpha value is 0.510. The third-order valence-corrected chi connectivity index (χ3v) is 4.12. The van der Waals surface area contributed by atoms with Crippen molar-refractivity contribution in [2.75, 3.05) is 24.6 Å². The first-order chi connectivity index (χ1) is 6.58. The summed E-state index contributed by atoms with van der Waals surface area (Å²) in [5, 5.41) is 0. The van der Waals surface area contributed by atoms with E-state index in [1.54, 1.807) is 0 Å². The fraction of sp³-hybridized carbons (Fsp3) is 1.00. The van der Waals surface area contributed by atoms with E-state index in [4.69, 9.17) is 3.07 Å². The summed E-state index contributed by atoms with van der Waals surface area (Å²) in [4.78, 5) is 3.95. The van der Waals surface area contributed by atoms with Gasteiger partial charge in [-0.3, -0.25) is 0 Å². The number of hydrogen-bond acceptors (Lipinski definition) is 2. The molecule has 0 spiro atoms. The van der Waals surface area contributed by atoms with Crippen LogP contribution in [0.15, 0.2) is 0 Å². The van der Waals surface area contributed by atoms with Crippen LogP contribution >= 0.6 is 0 Å². The van der Waals surface area contributed by atoms with Crippen molar-refractivity contribution in [2.45, 2.75) is 30.7 Å². The minimum atomic E-state index is -2.49. The number of fused-ring (bicyclic) bond motifs is 1. The van der Waals surface area contributed by atoms with Crippen molar-refractivity contribution in [3.63, 3.8) is 0 Å². The van der Waals surface area contributed by atoms with Crippen LogP contribution in [0.5, 0.6) is 0 Å². The van der Waals surface area contributed by atoms with Gasteiger partial charge in [-0.2, -0.15) is 0 Å². The molecule has 0 bridgehead atoms. The second kappa shape index (κ2) is 3.83. The Labute approximate surface area is 93.8 Å². The van der Waals surface area contributed by atoms with E-state index < -0.39 is 5.92 Å². The van der Waals surface area contributed by atoms with Crippen LogP contribution in [0.3, 0.4) is 0 Å². The molecule has 0 aromatic rings. The molecule has 0 aliphatic carbocycles. The van der Waals surface area contributed by atoms with Gasteiger partial charge in [0.15, 0.2) is 0 Å². The molecule has 2 nitrogen and oxygen atoms in total. The zero-order valence-electron chi connectivity index (χ0n) is 8.23. The molecule has 0 N–H and O–H groups in total. The monoisotopic (exact) mass is 318 g/mol. The average Bonchev–Trinajstić information content (AvgIpc) is 2.53. The first-order valence-electron chi connectivity index (χ1n) is 4.82. The van der Waals surface area contributed by atoms with Gasteiger partial charge in [0.1, 0.15) is 0 Å². The van der Waals surface area contributed by atoms with Crippen LogP contribution in [0, 0.1) is 0 Å². The summed E-state index contributed by atoms with van der Waals surface area (Å²) >= 11 is -0.244. The molecule has 2 saturated heterocycles. The molecule has 14 heavy (non-hydrogen) atoms. The van der Waals surface area contributed by atoms with Gasteiger partial charge in [0.2, 0.25) is 0 Å². The van der Waals surface area contributed by atoms with E-state index >= 15 is 0 Å². The number of alkyl halides is 3. The summed E-state index contributed by atoms with van der Waals surface area (Å²) in [5.74, 6) is -2.49. The Balaban J connectivity index is 2.07. The molecule has 1 atom stereocenters. The Morgan fingerprint density at radius 2 is 2.29 bits per heavy atom. The zero-order valence-corrected chi connectivity index (χ0v) is 10.4. The molecular weight excluding hydrogens is 303 g/mol. The third kappa shape index (κ3) is 1.90. The molecule has 2 fully saturated rings.